The summed E-state index contributed by atoms with van der Waals surface area (Å²) in [6, 6.07) is 70.7. The van der Waals surface area contributed by atoms with Crippen molar-refractivity contribution in [2.75, 3.05) is 0 Å². The Hall–Kier alpha value is -6.70. The van der Waals surface area contributed by atoms with E-state index in [1.807, 2.05) is 0 Å². The van der Waals surface area contributed by atoms with Gasteiger partial charge < -0.3 is 4.57 Å². The molecule has 1 heteroatoms. The first-order valence-electron chi connectivity index (χ1n) is 21.1. The van der Waals surface area contributed by atoms with Crippen molar-refractivity contribution in [1.82, 2.24) is 4.57 Å². The molecule has 59 heavy (non-hydrogen) atoms. The smallest absolute Gasteiger partial charge is 0.0544 e. The fraction of sp³-hybridized carbons (Fsp3) is 0.138. The average Bonchev–Trinajstić information content (AvgIpc) is 3.70. The average molecular weight is 758 g/mol. The Labute approximate surface area is 348 Å². The van der Waals surface area contributed by atoms with E-state index in [2.05, 4.69) is 227 Å². The molecule has 0 bridgehead atoms. The molecule has 0 N–H and O–H groups in total. The van der Waals surface area contributed by atoms with Gasteiger partial charge in [0, 0.05) is 27.8 Å². The topological polar surface area (TPSA) is 4.93 Å². The summed E-state index contributed by atoms with van der Waals surface area (Å²) < 4.78 is 2.55. The van der Waals surface area contributed by atoms with Gasteiger partial charge in [-0.25, -0.2) is 0 Å². The Kier molecular flexibility index (Phi) is 7.91. The van der Waals surface area contributed by atoms with Crippen LogP contribution in [0.2, 0.25) is 0 Å². The first kappa shape index (κ1) is 35.5. The fourth-order valence-electron chi connectivity index (χ4n) is 10.3. The summed E-state index contributed by atoms with van der Waals surface area (Å²) in [6.45, 7) is 11.7. The van der Waals surface area contributed by atoms with Gasteiger partial charge in [-0.05, 0) is 120 Å². The minimum absolute atomic E-state index is 0.0218. The number of fused-ring (bicyclic) bond motifs is 8. The zero-order chi connectivity index (χ0) is 40.0. The lowest BCUT2D eigenvalue weighted by molar-refractivity contribution is 0.591. The molecule has 0 fully saturated rings. The van der Waals surface area contributed by atoms with Crippen LogP contribution in [0.25, 0.3) is 49.8 Å². The van der Waals surface area contributed by atoms with E-state index in [-0.39, 0.29) is 16.7 Å². The van der Waals surface area contributed by atoms with Gasteiger partial charge in [-0.3, -0.25) is 0 Å². The highest BCUT2D eigenvalue weighted by atomic mass is 15.0. The molecule has 8 aromatic carbocycles. The number of hydrogen-bond acceptors (Lipinski definition) is 0. The van der Waals surface area contributed by atoms with Crippen molar-refractivity contribution in [3.05, 3.63) is 244 Å². The van der Waals surface area contributed by atoms with Crippen LogP contribution >= 0.6 is 0 Å². The molecule has 0 spiro atoms. The van der Waals surface area contributed by atoms with Gasteiger partial charge in [0.15, 0.2) is 0 Å². The van der Waals surface area contributed by atoms with E-state index in [0.29, 0.717) is 0 Å². The highest BCUT2D eigenvalue weighted by Gasteiger charge is 2.37. The highest BCUT2D eigenvalue weighted by Crippen LogP contribution is 2.53. The number of nitrogens with zero attached hydrogens (tertiary/aromatic N) is 1. The number of rotatable bonds is 4. The van der Waals surface area contributed by atoms with Crippen molar-refractivity contribution in [1.29, 1.82) is 0 Å². The zero-order valence-corrected chi connectivity index (χ0v) is 34.4. The Morgan fingerprint density at radius 3 is 1.76 bits per heavy atom. The van der Waals surface area contributed by atoms with Crippen molar-refractivity contribution in [2.45, 2.75) is 51.4 Å². The van der Waals surface area contributed by atoms with Crippen LogP contribution in [0, 0.1) is 0 Å². The van der Waals surface area contributed by atoms with Gasteiger partial charge in [0.25, 0.3) is 0 Å². The van der Waals surface area contributed by atoms with E-state index in [4.69, 9.17) is 0 Å². The molecule has 284 valence electrons. The minimum atomic E-state index is -0.110. The summed E-state index contributed by atoms with van der Waals surface area (Å²) in [6.07, 6.45) is 0. The van der Waals surface area contributed by atoms with Crippen LogP contribution in [0.5, 0.6) is 0 Å². The monoisotopic (exact) mass is 757 g/mol. The third kappa shape index (κ3) is 5.45. The molecule has 0 saturated heterocycles. The standard InChI is InChI=1S/C58H47N/c1-57(2,3)40-29-32-52-47(33-40)48-35-46-42-25-17-18-28-50(42)58(4,5)51(46)36-53(48)59(52)41-30-31-45-49(34-41)55(39-23-13-8-14-24-39)43-26-15-16-27-44(43)56(45)54(37-19-9-6-10-20-37)38-21-11-7-12-22-38/h6-36,55H,1-5H3. The van der Waals surface area contributed by atoms with Crippen LogP contribution in [0.4, 0.5) is 0 Å². The van der Waals surface area contributed by atoms with Crippen molar-refractivity contribution in [2.24, 2.45) is 0 Å². The van der Waals surface area contributed by atoms with Crippen LogP contribution in [-0.2, 0) is 10.8 Å². The second-order valence-corrected chi connectivity index (χ2v) is 18.1. The first-order valence-corrected chi connectivity index (χ1v) is 21.1. The van der Waals surface area contributed by atoms with Crippen LogP contribution in [0.15, 0.2) is 188 Å². The largest absolute Gasteiger partial charge is 0.309 e. The van der Waals surface area contributed by atoms with E-state index < -0.39 is 0 Å². The maximum atomic E-state index is 2.55. The molecular formula is C58H47N. The molecule has 1 heterocycles. The van der Waals surface area contributed by atoms with Crippen LogP contribution in [0.3, 0.4) is 0 Å². The second kappa shape index (κ2) is 13.2. The van der Waals surface area contributed by atoms with Gasteiger partial charge in [-0.1, -0.05) is 186 Å². The van der Waals surface area contributed by atoms with Crippen molar-refractivity contribution < 1.29 is 0 Å². The molecule has 0 saturated carbocycles. The van der Waals surface area contributed by atoms with E-state index in [9.17, 15) is 0 Å². The maximum absolute atomic E-state index is 2.55. The number of benzene rings is 8. The van der Waals surface area contributed by atoms with Crippen LogP contribution in [-0.4, -0.2) is 4.57 Å². The Morgan fingerprint density at radius 2 is 1.07 bits per heavy atom. The summed E-state index contributed by atoms with van der Waals surface area (Å²) in [5.74, 6) is 0.0529. The highest BCUT2D eigenvalue weighted by molar-refractivity contribution is 6.12. The van der Waals surface area contributed by atoms with Gasteiger partial charge >= 0.3 is 0 Å². The molecular weight excluding hydrogens is 711 g/mol. The minimum Gasteiger partial charge on any atom is -0.309 e. The molecule has 0 aliphatic heterocycles. The molecule has 0 radical (unpaired) electrons. The predicted molar refractivity (Wildman–Crippen MR) is 249 cm³/mol. The first-order chi connectivity index (χ1) is 28.7. The molecule has 11 rings (SSSR count). The summed E-state index contributed by atoms with van der Waals surface area (Å²) in [7, 11) is 0. The van der Waals surface area contributed by atoms with Gasteiger partial charge in [0.2, 0.25) is 0 Å². The van der Waals surface area contributed by atoms with E-state index in [0.717, 1.165) is 0 Å². The summed E-state index contributed by atoms with van der Waals surface area (Å²) in [4.78, 5) is 0. The molecule has 1 aromatic heterocycles. The van der Waals surface area contributed by atoms with E-state index in [1.165, 1.54) is 105 Å². The van der Waals surface area contributed by atoms with Crippen molar-refractivity contribution in [3.63, 3.8) is 0 Å². The summed E-state index contributed by atoms with van der Waals surface area (Å²) in [5, 5.41) is 2.60. The molecule has 0 amide bonds. The third-order valence-corrected chi connectivity index (χ3v) is 13.3. The van der Waals surface area contributed by atoms with Gasteiger partial charge in [0.05, 0.1) is 11.0 Å². The van der Waals surface area contributed by atoms with Gasteiger partial charge in [0.1, 0.15) is 0 Å². The molecule has 2 aliphatic rings. The lowest BCUT2D eigenvalue weighted by Crippen LogP contribution is -2.16. The number of hydrogen-bond donors (Lipinski definition) is 0. The fourth-order valence-corrected chi connectivity index (χ4v) is 10.3. The zero-order valence-electron chi connectivity index (χ0n) is 34.4. The SMILES string of the molecule is CC(C)(C)c1ccc2c(c1)c1cc3c(cc1n2-c1ccc2c(c1)C(c1ccccc1)c1ccccc1C2=C(c1ccccc1)c1ccccc1)C(C)(C)c1ccccc1-3. The van der Waals surface area contributed by atoms with Crippen molar-refractivity contribution >= 4 is 33.0 Å². The quantitative estimate of drug-likeness (QED) is 0.168. The second-order valence-electron chi connectivity index (χ2n) is 18.1. The van der Waals surface area contributed by atoms with Crippen LogP contribution < -0.4 is 0 Å². The summed E-state index contributed by atoms with van der Waals surface area (Å²) >= 11 is 0. The normalized spacial score (nSPS) is 15.1. The molecule has 1 nitrogen and oxygen atoms in total. The lowest BCUT2D eigenvalue weighted by atomic mass is 9.70. The summed E-state index contributed by atoms with van der Waals surface area (Å²) in [5.41, 5.74) is 21.9. The van der Waals surface area contributed by atoms with Crippen molar-refractivity contribution in [3.8, 4) is 16.8 Å². The molecule has 9 aromatic rings. The third-order valence-electron chi connectivity index (χ3n) is 13.3. The maximum Gasteiger partial charge on any atom is 0.0544 e. The molecule has 1 atom stereocenters. The van der Waals surface area contributed by atoms with E-state index in [1.54, 1.807) is 0 Å². The molecule has 1 unspecified atom stereocenters. The van der Waals surface area contributed by atoms with Gasteiger partial charge in [-0.2, -0.15) is 0 Å². The number of aromatic nitrogens is 1. The van der Waals surface area contributed by atoms with Crippen LogP contribution in [0.1, 0.15) is 96.2 Å². The lowest BCUT2D eigenvalue weighted by Gasteiger charge is -2.33. The van der Waals surface area contributed by atoms with Gasteiger partial charge in [-0.15, -0.1) is 0 Å². The van der Waals surface area contributed by atoms with E-state index >= 15 is 0 Å². The Morgan fingerprint density at radius 1 is 0.475 bits per heavy atom. The Balaban J connectivity index is 1.24. The molecule has 2 aliphatic carbocycles. The predicted octanol–water partition coefficient (Wildman–Crippen LogP) is 14.9. The Bertz CT molecular complexity index is 3090.